The smallest absolute Gasteiger partial charge is 0.258 e. The van der Waals surface area contributed by atoms with Crippen LogP contribution in [0.2, 0.25) is 0 Å². The molecule has 2 amide bonds. The molecule has 0 atom stereocenters. The Morgan fingerprint density at radius 3 is 2.42 bits per heavy atom. The van der Waals surface area contributed by atoms with Gasteiger partial charge in [0.2, 0.25) is 0 Å². The van der Waals surface area contributed by atoms with E-state index in [1.165, 1.54) is 0 Å². The predicted molar refractivity (Wildman–Crippen MR) is 138 cm³/mol. The van der Waals surface area contributed by atoms with E-state index >= 15 is 0 Å². The molecule has 8 nitrogen and oxygen atoms in total. The highest BCUT2D eigenvalue weighted by molar-refractivity contribution is 14.1. The van der Waals surface area contributed by atoms with Gasteiger partial charge >= 0.3 is 0 Å². The van der Waals surface area contributed by atoms with E-state index in [9.17, 15) is 9.59 Å². The molecule has 0 spiro atoms. The minimum absolute atomic E-state index is 0.291. The van der Waals surface area contributed by atoms with E-state index < -0.39 is 0 Å². The summed E-state index contributed by atoms with van der Waals surface area (Å²) in [6.45, 7) is 2.24. The van der Waals surface area contributed by atoms with E-state index in [1.54, 1.807) is 48.7 Å². The van der Waals surface area contributed by atoms with Gasteiger partial charge in [0.15, 0.2) is 5.96 Å². The summed E-state index contributed by atoms with van der Waals surface area (Å²) >= 11 is 2.26. The topological polar surface area (TPSA) is 108 Å². The molecule has 4 rings (SSSR count). The first-order valence-corrected chi connectivity index (χ1v) is 12.0. The van der Waals surface area contributed by atoms with Crippen LogP contribution in [0.4, 0.5) is 11.5 Å². The normalized spacial score (nSPS) is 12.5. The fourth-order valence-electron chi connectivity index (χ4n) is 3.22. The van der Waals surface area contributed by atoms with Gasteiger partial charge in [-0.05, 0) is 41.5 Å². The van der Waals surface area contributed by atoms with Gasteiger partial charge in [0.05, 0.1) is 17.8 Å². The van der Waals surface area contributed by atoms with Crippen molar-refractivity contribution in [1.82, 2.24) is 15.6 Å². The van der Waals surface area contributed by atoms with Gasteiger partial charge in [0.25, 0.3) is 11.8 Å². The number of amides is 2. The maximum atomic E-state index is 12.8. The molecule has 4 N–H and O–H groups in total. The molecule has 0 saturated heterocycles. The maximum Gasteiger partial charge on any atom is 0.258 e. The van der Waals surface area contributed by atoms with Crippen LogP contribution in [0.3, 0.4) is 0 Å². The zero-order chi connectivity index (χ0) is 23.0. The molecule has 33 heavy (non-hydrogen) atoms. The van der Waals surface area contributed by atoms with Crippen LogP contribution in [0.25, 0.3) is 0 Å². The lowest BCUT2D eigenvalue weighted by Crippen LogP contribution is -2.33. The number of benzene rings is 2. The lowest BCUT2D eigenvalue weighted by Gasteiger charge is -2.12. The number of alkyl halides is 1. The Labute approximate surface area is 205 Å². The Hall–Kier alpha value is -3.47. The number of para-hydroxylation sites is 1. The Kier molecular flexibility index (Phi) is 7.51. The Bertz CT molecular complexity index is 1160. The zero-order valence-corrected chi connectivity index (χ0v) is 19.9. The van der Waals surface area contributed by atoms with Crippen molar-refractivity contribution in [2.24, 2.45) is 4.99 Å². The van der Waals surface area contributed by atoms with E-state index in [0.717, 1.165) is 34.6 Å². The summed E-state index contributed by atoms with van der Waals surface area (Å²) in [6, 6.07) is 17.9. The van der Waals surface area contributed by atoms with Crippen molar-refractivity contribution in [3.05, 3.63) is 89.1 Å². The van der Waals surface area contributed by atoms with Crippen LogP contribution < -0.4 is 21.3 Å². The number of hydrogen-bond acceptors (Lipinski definition) is 6. The molecule has 0 fully saturated rings. The van der Waals surface area contributed by atoms with Crippen LogP contribution in [-0.4, -0.2) is 35.8 Å². The third-order valence-electron chi connectivity index (χ3n) is 4.99. The summed E-state index contributed by atoms with van der Waals surface area (Å²) in [5, 5.41) is 12.0. The first-order chi connectivity index (χ1) is 16.1. The highest BCUT2D eigenvalue weighted by atomic mass is 127. The molecule has 0 bridgehead atoms. The Balaban J connectivity index is 1.40. The Morgan fingerprint density at radius 2 is 1.73 bits per heavy atom. The highest BCUT2D eigenvalue weighted by Gasteiger charge is 2.15. The second-order valence-electron chi connectivity index (χ2n) is 7.35. The summed E-state index contributed by atoms with van der Waals surface area (Å²) < 4.78 is 0.845. The van der Waals surface area contributed by atoms with Crippen molar-refractivity contribution in [2.45, 2.75) is 11.0 Å². The molecule has 0 aliphatic carbocycles. The van der Waals surface area contributed by atoms with Gasteiger partial charge in [-0.1, -0.05) is 52.9 Å². The molecule has 3 aromatic rings. The predicted octanol–water partition coefficient (Wildman–Crippen LogP) is 3.57. The van der Waals surface area contributed by atoms with Crippen LogP contribution in [0.5, 0.6) is 0 Å². The summed E-state index contributed by atoms with van der Waals surface area (Å²) in [6.07, 6.45) is 1.73. The van der Waals surface area contributed by atoms with E-state index in [2.05, 4.69) is 53.8 Å². The van der Waals surface area contributed by atoms with Crippen molar-refractivity contribution < 1.29 is 9.59 Å². The first-order valence-electron chi connectivity index (χ1n) is 10.5. The van der Waals surface area contributed by atoms with Crippen molar-refractivity contribution in [3.8, 4) is 0 Å². The summed E-state index contributed by atoms with van der Waals surface area (Å²) in [5.41, 5.74) is 3.40. The quantitative estimate of drug-likeness (QED) is 0.264. The number of aliphatic imine (C=N–C) groups is 1. The second kappa shape index (κ2) is 10.9. The molecule has 0 radical (unpaired) electrons. The number of halogens is 1. The molecule has 1 aliphatic rings. The molecule has 2 heterocycles. The van der Waals surface area contributed by atoms with Gasteiger partial charge in [-0.2, -0.15) is 0 Å². The van der Waals surface area contributed by atoms with Crippen molar-refractivity contribution in [3.63, 3.8) is 0 Å². The summed E-state index contributed by atoms with van der Waals surface area (Å²) in [7, 11) is 0. The molecule has 2 aromatic carbocycles. The third-order valence-corrected chi connectivity index (χ3v) is 5.87. The number of aromatic nitrogens is 1. The number of guanidine groups is 1. The monoisotopic (exact) mass is 554 g/mol. The standard InChI is InChI=1S/C24H23IN6O2/c25-13-17-7-10-21(28-15-17)31-23(33)19-3-1-2-4-20(19)30-22(32)18-8-5-16(6-9-18)14-29-24-26-11-12-27-24/h1-10,15H,11-14H2,(H,30,32)(H2,26,27,29)(H,28,31,33). The van der Waals surface area contributed by atoms with Gasteiger partial charge in [-0.15, -0.1) is 0 Å². The number of nitrogens with zero attached hydrogens (tertiary/aromatic N) is 2. The number of nitrogens with one attached hydrogen (secondary N) is 4. The number of carbonyl (C=O) groups is 2. The van der Waals surface area contributed by atoms with E-state index in [4.69, 9.17) is 0 Å². The first kappa shape index (κ1) is 22.7. The molecule has 0 unspecified atom stereocenters. The fourth-order valence-corrected chi connectivity index (χ4v) is 3.67. The van der Waals surface area contributed by atoms with Gasteiger partial charge in [-0.25, -0.2) is 4.98 Å². The average Bonchev–Trinajstić information content (AvgIpc) is 3.37. The number of hydrogen-bond donors (Lipinski definition) is 4. The third kappa shape index (κ3) is 6.07. The fraction of sp³-hybridized carbons (Fsp3) is 0.167. The van der Waals surface area contributed by atoms with Gasteiger partial charge in [-0.3, -0.25) is 14.6 Å². The highest BCUT2D eigenvalue weighted by Crippen LogP contribution is 2.18. The zero-order valence-electron chi connectivity index (χ0n) is 17.8. The minimum Gasteiger partial charge on any atom is -0.355 e. The molecule has 1 aliphatic heterocycles. The second-order valence-corrected chi connectivity index (χ2v) is 8.11. The lowest BCUT2D eigenvalue weighted by molar-refractivity contribution is 0.102. The van der Waals surface area contributed by atoms with Crippen molar-refractivity contribution in [2.75, 3.05) is 23.7 Å². The largest absolute Gasteiger partial charge is 0.355 e. The van der Waals surface area contributed by atoms with E-state index in [0.29, 0.717) is 29.2 Å². The van der Waals surface area contributed by atoms with Gasteiger partial charge < -0.3 is 21.3 Å². The lowest BCUT2D eigenvalue weighted by atomic mass is 10.1. The van der Waals surface area contributed by atoms with Crippen LogP contribution in [0.15, 0.2) is 71.9 Å². The van der Waals surface area contributed by atoms with E-state index in [1.807, 2.05) is 18.2 Å². The van der Waals surface area contributed by atoms with Crippen LogP contribution in [-0.2, 0) is 11.0 Å². The van der Waals surface area contributed by atoms with Crippen LogP contribution in [0, 0.1) is 0 Å². The van der Waals surface area contributed by atoms with Crippen LogP contribution >= 0.6 is 22.6 Å². The Morgan fingerprint density at radius 1 is 0.939 bits per heavy atom. The molecular weight excluding hydrogens is 531 g/mol. The molecular formula is C24H23IN6O2. The number of carbonyl (C=O) groups excluding carboxylic acids is 2. The van der Waals surface area contributed by atoms with Gasteiger partial charge in [0, 0.05) is 29.3 Å². The minimum atomic E-state index is -0.342. The summed E-state index contributed by atoms with van der Waals surface area (Å²) in [4.78, 5) is 34.2. The number of rotatable bonds is 7. The maximum absolute atomic E-state index is 12.8. The number of pyridine rings is 1. The van der Waals surface area contributed by atoms with E-state index in [-0.39, 0.29) is 11.8 Å². The SMILES string of the molecule is O=C(Nc1ccccc1C(=O)Nc1ccc(CI)cn1)c1ccc(CNC2=NCCN2)cc1. The number of anilines is 2. The molecule has 1 aromatic heterocycles. The van der Waals surface area contributed by atoms with Crippen molar-refractivity contribution >= 4 is 51.9 Å². The van der Waals surface area contributed by atoms with Crippen molar-refractivity contribution in [1.29, 1.82) is 0 Å². The molecule has 0 saturated carbocycles. The average molecular weight is 554 g/mol. The van der Waals surface area contributed by atoms with Crippen LogP contribution in [0.1, 0.15) is 31.8 Å². The molecule has 9 heteroatoms. The molecule has 168 valence electrons. The van der Waals surface area contributed by atoms with Gasteiger partial charge in [0.1, 0.15) is 5.82 Å². The summed E-state index contributed by atoms with van der Waals surface area (Å²) in [5.74, 6) is 0.618.